The van der Waals surface area contributed by atoms with Crippen molar-refractivity contribution in [3.8, 4) is 0 Å². The van der Waals surface area contributed by atoms with Crippen LogP contribution in [-0.4, -0.2) is 60.7 Å². The zero-order valence-electron chi connectivity index (χ0n) is 20.3. The van der Waals surface area contributed by atoms with Gasteiger partial charge in [0.1, 0.15) is 23.8 Å². The minimum absolute atomic E-state index is 0.106. The van der Waals surface area contributed by atoms with Crippen molar-refractivity contribution >= 4 is 23.0 Å². The lowest BCUT2D eigenvalue weighted by Gasteiger charge is -2.36. The van der Waals surface area contributed by atoms with E-state index in [1.807, 2.05) is 0 Å². The second-order valence-electron chi connectivity index (χ2n) is 9.38. The first-order valence-corrected chi connectivity index (χ1v) is 12.2. The molecule has 206 valence electrons. The highest BCUT2D eigenvalue weighted by atomic mass is 19.4. The van der Waals surface area contributed by atoms with Gasteiger partial charge in [-0.25, -0.2) is 8.78 Å². The number of hydrogen-bond acceptors (Lipinski definition) is 6. The number of rotatable bonds is 7. The molecule has 1 saturated carbocycles. The van der Waals surface area contributed by atoms with Crippen LogP contribution in [0.2, 0.25) is 0 Å². The molecule has 1 heterocycles. The van der Waals surface area contributed by atoms with Gasteiger partial charge < -0.3 is 19.9 Å². The topological polar surface area (TPSA) is 87.9 Å². The molecular weight excluding hydrogens is 515 g/mol. The van der Waals surface area contributed by atoms with E-state index in [1.54, 1.807) is 9.80 Å². The third-order valence-electron chi connectivity index (χ3n) is 6.87. The number of anilines is 2. The fourth-order valence-corrected chi connectivity index (χ4v) is 4.84. The molecule has 0 radical (unpaired) electrons. The van der Waals surface area contributed by atoms with Gasteiger partial charge in [-0.1, -0.05) is 0 Å². The Balaban J connectivity index is 1.21. The number of benzene rings is 2. The molecule has 2 aromatic rings. The molecule has 1 N–H and O–H groups in total. The van der Waals surface area contributed by atoms with Crippen molar-refractivity contribution in [2.75, 3.05) is 43.0 Å². The van der Waals surface area contributed by atoms with E-state index in [-0.39, 0.29) is 30.3 Å². The Labute approximate surface area is 215 Å². The number of halogens is 5. The van der Waals surface area contributed by atoms with Crippen LogP contribution in [0.1, 0.15) is 31.2 Å². The van der Waals surface area contributed by atoms with Crippen molar-refractivity contribution < 1.29 is 36.4 Å². The molecule has 2 aromatic carbocycles. The molecular formula is C25H27F5N4O4. The number of piperazine rings is 1. The number of alkyl halides is 3. The maximum Gasteiger partial charge on any atom is 0.423 e. The van der Waals surface area contributed by atoms with Gasteiger partial charge in [0.05, 0.1) is 16.7 Å². The summed E-state index contributed by atoms with van der Waals surface area (Å²) >= 11 is 0. The summed E-state index contributed by atoms with van der Waals surface area (Å²) in [6, 6.07) is 6.14. The molecule has 13 heteroatoms. The molecule has 38 heavy (non-hydrogen) atoms. The largest absolute Gasteiger partial charge is 0.423 e. The monoisotopic (exact) mass is 542 g/mol. The second-order valence-corrected chi connectivity index (χ2v) is 9.38. The van der Waals surface area contributed by atoms with Gasteiger partial charge in [-0.05, 0) is 49.9 Å². The Hall–Kier alpha value is -3.48. The van der Waals surface area contributed by atoms with E-state index in [0.717, 1.165) is 18.2 Å². The minimum Gasteiger partial charge on any atom is -0.382 e. The summed E-state index contributed by atoms with van der Waals surface area (Å²) in [7, 11) is 0. The smallest absolute Gasteiger partial charge is 0.382 e. The molecule has 2 aliphatic rings. The average Bonchev–Trinajstić information content (AvgIpc) is 2.87. The van der Waals surface area contributed by atoms with E-state index in [9.17, 15) is 36.9 Å². The summed E-state index contributed by atoms with van der Waals surface area (Å²) in [6.45, 7) is 1.47. The molecule has 0 aromatic heterocycles. The number of ether oxygens (including phenoxy) is 1. The third-order valence-corrected chi connectivity index (χ3v) is 6.87. The van der Waals surface area contributed by atoms with Crippen LogP contribution in [0.25, 0.3) is 0 Å². The Bertz CT molecular complexity index is 1160. The van der Waals surface area contributed by atoms with Gasteiger partial charge in [0.25, 0.3) is 5.69 Å². The summed E-state index contributed by atoms with van der Waals surface area (Å²) in [5.74, 6) is -1.48. The first kappa shape index (κ1) is 27.6. The van der Waals surface area contributed by atoms with Crippen molar-refractivity contribution in [2.24, 2.45) is 0 Å². The quantitative estimate of drug-likeness (QED) is 0.302. The van der Waals surface area contributed by atoms with Gasteiger partial charge in [0, 0.05) is 50.0 Å². The molecule has 1 aliphatic carbocycles. The van der Waals surface area contributed by atoms with Crippen LogP contribution < -0.4 is 10.2 Å². The fraction of sp³-hybridized carbons (Fsp3) is 0.480. The second kappa shape index (κ2) is 11.5. The SMILES string of the molecule is O=C(COC1CCC(Nc2ccc([N+](=O)[O-])c(C(F)(F)F)c2)CC1)N1CCN(c2ccc(F)cc2F)CC1. The average molecular weight is 543 g/mol. The van der Waals surface area contributed by atoms with Gasteiger partial charge in [-0.3, -0.25) is 14.9 Å². The maximum atomic E-state index is 14.0. The van der Waals surface area contributed by atoms with E-state index in [2.05, 4.69) is 5.32 Å². The van der Waals surface area contributed by atoms with E-state index < -0.39 is 34.0 Å². The van der Waals surface area contributed by atoms with Crippen molar-refractivity contribution in [3.05, 3.63) is 63.7 Å². The van der Waals surface area contributed by atoms with Crippen LogP contribution in [0.4, 0.5) is 39.0 Å². The van der Waals surface area contributed by atoms with Crippen molar-refractivity contribution in [1.82, 2.24) is 4.90 Å². The number of nitro groups is 1. The summed E-state index contributed by atoms with van der Waals surface area (Å²) in [4.78, 5) is 25.9. The molecule has 0 unspecified atom stereocenters. The first-order valence-electron chi connectivity index (χ1n) is 12.2. The number of carbonyl (C=O) groups excluding carboxylic acids is 1. The molecule has 1 saturated heterocycles. The number of amides is 1. The van der Waals surface area contributed by atoms with E-state index in [1.165, 1.54) is 18.2 Å². The molecule has 1 aliphatic heterocycles. The van der Waals surface area contributed by atoms with Crippen LogP contribution >= 0.6 is 0 Å². The van der Waals surface area contributed by atoms with E-state index >= 15 is 0 Å². The predicted molar refractivity (Wildman–Crippen MR) is 129 cm³/mol. The van der Waals surface area contributed by atoms with Crippen molar-refractivity contribution in [1.29, 1.82) is 0 Å². The zero-order valence-corrected chi connectivity index (χ0v) is 20.3. The van der Waals surface area contributed by atoms with Crippen molar-refractivity contribution in [2.45, 2.75) is 44.0 Å². The maximum absolute atomic E-state index is 14.0. The first-order chi connectivity index (χ1) is 18.0. The van der Waals surface area contributed by atoms with Crippen LogP contribution in [0, 0.1) is 21.7 Å². The van der Waals surface area contributed by atoms with Gasteiger partial charge >= 0.3 is 6.18 Å². The van der Waals surface area contributed by atoms with Gasteiger partial charge in [-0.15, -0.1) is 0 Å². The van der Waals surface area contributed by atoms with Gasteiger partial charge in [-0.2, -0.15) is 13.2 Å². The molecule has 2 fully saturated rings. The molecule has 8 nitrogen and oxygen atoms in total. The lowest BCUT2D eigenvalue weighted by Crippen LogP contribution is -2.50. The molecule has 1 amide bonds. The van der Waals surface area contributed by atoms with Crippen LogP contribution in [0.3, 0.4) is 0 Å². The van der Waals surface area contributed by atoms with E-state index in [4.69, 9.17) is 4.74 Å². The number of nitrogens with zero attached hydrogens (tertiary/aromatic N) is 3. The lowest BCUT2D eigenvalue weighted by atomic mass is 9.92. The summed E-state index contributed by atoms with van der Waals surface area (Å²) in [5.41, 5.74) is -1.84. The Morgan fingerprint density at radius 2 is 1.71 bits per heavy atom. The van der Waals surface area contributed by atoms with Gasteiger partial charge in [0.15, 0.2) is 0 Å². The van der Waals surface area contributed by atoms with E-state index in [0.29, 0.717) is 57.5 Å². The van der Waals surface area contributed by atoms with Gasteiger partial charge in [0.2, 0.25) is 5.91 Å². The Morgan fingerprint density at radius 3 is 2.32 bits per heavy atom. The standard InChI is InChI=1S/C25H27F5N4O4/c26-16-1-7-23(21(27)13-16)32-9-11-33(12-10-32)24(35)15-38-19-5-2-17(3-6-19)31-18-4-8-22(34(36)37)20(14-18)25(28,29)30/h1,4,7-8,13-14,17,19,31H,2-3,5-6,9-12,15H2. The number of hydrogen-bond donors (Lipinski definition) is 1. The molecule has 4 rings (SSSR count). The van der Waals surface area contributed by atoms with Crippen LogP contribution in [0.15, 0.2) is 36.4 Å². The summed E-state index contributed by atoms with van der Waals surface area (Å²) < 4.78 is 72.6. The number of carbonyl (C=O) groups is 1. The third kappa shape index (κ3) is 6.69. The Morgan fingerprint density at radius 1 is 1.03 bits per heavy atom. The lowest BCUT2D eigenvalue weighted by molar-refractivity contribution is -0.388. The molecule has 0 bridgehead atoms. The van der Waals surface area contributed by atoms with Crippen LogP contribution in [-0.2, 0) is 15.7 Å². The normalized spacial score (nSPS) is 20.3. The van der Waals surface area contributed by atoms with Crippen molar-refractivity contribution in [3.63, 3.8) is 0 Å². The summed E-state index contributed by atoms with van der Waals surface area (Å²) in [6.07, 6.45) is -2.63. The zero-order chi connectivity index (χ0) is 27.4. The Kier molecular flexibility index (Phi) is 8.34. The minimum atomic E-state index is -4.85. The summed E-state index contributed by atoms with van der Waals surface area (Å²) in [5, 5.41) is 13.9. The molecule has 0 spiro atoms. The highest BCUT2D eigenvalue weighted by molar-refractivity contribution is 5.77. The number of nitro benzene ring substituents is 1. The molecule has 0 atom stereocenters. The van der Waals surface area contributed by atoms with Crippen LogP contribution in [0.5, 0.6) is 0 Å². The highest BCUT2D eigenvalue weighted by Crippen LogP contribution is 2.38. The highest BCUT2D eigenvalue weighted by Gasteiger charge is 2.38. The number of nitrogens with one attached hydrogen (secondary N) is 1. The predicted octanol–water partition coefficient (Wildman–Crippen LogP) is 4.98. The fourth-order valence-electron chi connectivity index (χ4n) is 4.84.